The van der Waals surface area contributed by atoms with Crippen molar-refractivity contribution in [1.29, 1.82) is 0 Å². The summed E-state index contributed by atoms with van der Waals surface area (Å²) in [5.74, 6) is 1.99. The monoisotopic (exact) mass is 236 g/mol. The van der Waals surface area contributed by atoms with Gasteiger partial charge in [0, 0.05) is 6.04 Å². The Hall–Kier alpha value is -1.26. The summed E-state index contributed by atoms with van der Waals surface area (Å²) in [5.41, 5.74) is 7.39. The number of nitrogens with one attached hydrogen (secondary N) is 1. The van der Waals surface area contributed by atoms with Gasteiger partial charge in [0.05, 0.1) is 14.2 Å². The minimum atomic E-state index is 0.0600. The molecule has 0 saturated carbocycles. The molecule has 1 heterocycles. The number of ether oxygens (including phenoxy) is 2. The first-order valence-electron chi connectivity index (χ1n) is 5.94. The molecule has 94 valence electrons. The van der Waals surface area contributed by atoms with Crippen LogP contribution in [0, 0.1) is 5.92 Å². The maximum atomic E-state index is 6.28. The Morgan fingerprint density at radius 2 is 2.06 bits per heavy atom. The fourth-order valence-electron chi connectivity index (χ4n) is 2.32. The van der Waals surface area contributed by atoms with E-state index in [4.69, 9.17) is 15.2 Å². The van der Waals surface area contributed by atoms with Crippen LogP contribution in [0.3, 0.4) is 0 Å². The van der Waals surface area contributed by atoms with Crippen molar-refractivity contribution >= 4 is 0 Å². The van der Waals surface area contributed by atoms with Crippen LogP contribution in [0.1, 0.15) is 18.0 Å². The topological polar surface area (TPSA) is 56.5 Å². The lowest BCUT2D eigenvalue weighted by atomic mass is 9.93. The summed E-state index contributed by atoms with van der Waals surface area (Å²) in [6.07, 6.45) is 1.13. The predicted octanol–water partition coefficient (Wildman–Crippen LogP) is 1.31. The lowest BCUT2D eigenvalue weighted by molar-refractivity contribution is 0.353. The van der Waals surface area contributed by atoms with Gasteiger partial charge in [0.1, 0.15) is 0 Å². The van der Waals surface area contributed by atoms with E-state index in [1.165, 1.54) is 0 Å². The molecule has 1 aromatic carbocycles. The van der Waals surface area contributed by atoms with Crippen LogP contribution in [-0.4, -0.2) is 27.3 Å². The van der Waals surface area contributed by atoms with Crippen molar-refractivity contribution in [3.63, 3.8) is 0 Å². The lowest BCUT2D eigenvalue weighted by Crippen LogP contribution is -2.23. The van der Waals surface area contributed by atoms with E-state index in [2.05, 4.69) is 5.32 Å². The number of hydrogen-bond donors (Lipinski definition) is 2. The van der Waals surface area contributed by atoms with Crippen molar-refractivity contribution in [3.05, 3.63) is 23.8 Å². The van der Waals surface area contributed by atoms with Gasteiger partial charge in [0.2, 0.25) is 0 Å². The zero-order valence-electron chi connectivity index (χ0n) is 10.4. The zero-order valence-corrected chi connectivity index (χ0v) is 10.4. The third-order valence-corrected chi connectivity index (χ3v) is 3.40. The molecule has 0 spiro atoms. The van der Waals surface area contributed by atoms with Crippen LogP contribution >= 0.6 is 0 Å². The molecule has 2 unspecified atom stereocenters. The molecule has 1 aliphatic rings. The minimum absolute atomic E-state index is 0.0600. The molecule has 4 nitrogen and oxygen atoms in total. The normalized spacial score (nSPS) is 21.2. The van der Waals surface area contributed by atoms with Gasteiger partial charge in [-0.15, -0.1) is 0 Å². The van der Waals surface area contributed by atoms with Crippen molar-refractivity contribution in [2.24, 2.45) is 11.7 Å². The van der Waals surface area contributed by atoms with Crippen molar-refractivity contribution in [3.8, 4) is 11.5 Å². The van der Waals surface area contributed by atoms with E-state index in [1.54, 1.807) is 14.2 Å². The Morgan fingerprint density at radius 1 is 1.29 bits per heavy atom. The summed E-state index contributed by atoms with van der Waals surface area (Å²) in [6.45, 7) is 2.06. The number of methoxy groups -OCH3 is 2. The fraction of sp³-hybridized carbons (Fsp3) is 0.538. The summed E-state index contributed by atoms with van der Waals surface area (Å²) in [4.78, 5) is 0. The minimum Gasteiger partial charge on any atom is -0.493 e. The van der Waals surface area contributed by atoms with Gasteiger partial charge in [0.15, 0.2) is 11.5 Å². The maximum Gasteiger partial charge on any atom is 0.161 e. The van der Waals surface area contributed by atoms with Crippen LogP contribution in [0.5, 0.6) is 11.5 Å². The molecular weight excluding hydrogens is 216 g/mol. The Kier molecular flexibility index (Phi) is 3.86. The van der Waals surface area contributed by atoms with E-state index in [0.717, 1.165) is 36.6 Å². The summed E-state index contributed by atoms with van der Waals surface area (Å²) in [6, 6.07) is 5.97. The van der Waals surface area contributed by atoms with E-state index in [1.807, 2.05) is 18.2 Å². The van der Waals surface area contributed by atoms with E-state index < -0.39 is 0 Å². The third kappa shape index (κ3) is 2.53. The van der Waals surface area contributed by atoms with Crippen LogP contribution in [0.2, 0.25) is 0 Å². The second-order valence-corrected chi connectivity index (χ2v) is 4.39. The molecule has 1 saturated heterocycles. The molecule has 0 bridgehead atoms. The van der Waals surface area contributed by atoms with Gasteiger partial charge in [-0.05, 0) is 43.1 Å². The molecule has 1 aromatic rings. The van der Waals surface area contributed by atoms with Gasteiger partial charge in [0.25, 0.3) is 0 Å². The molecule has 0 aliphatic carbocycles. The van der Waals surface area contributed by atoms with E-state index in [9.17, 15) is 0 Å². The number of hydrogen-bond acceptors (Lipinski definition) is 4. The standard InChI is InChI=1S/C13H20N2O2/c1-16-11-4-3-9(7-12(11)17-2)13(14)10-5-6-15-8-10/h3-4,7,10,13,15H,5-6,8,14H2,1-2H3. The first kappa shape index (κ1) is 12.2. The Morgan fingerprint density at radius 3 is 2.65 bits per heavy atom. The molecule has 4 heteroatoms. The largest absolute Gasteiger partial charge is 0.493 e. The SMILES string of the molecule is COc1ccc(C(N)C2CCNC2)cc1OC. The highest BCUT2D eigenvalue weighted by atomic mass is 16.5. The Bertz CT molecular complexity index is 376. The Balaban J connectivity index is 2.20. The van der Waals surface area contributed by atoms with Crippen LogP contribution in [0.4, 0.5) is 0 Å². The first-order valence-corrected chi connectivity index (χ1v) is 5.94. The van der Waals surface area contributed by atoms with Crippen molar-refractivity contribution in [2.75, 3.05) is 27.3 Å². The van der Waals surface area contributed by atoms with Gasteiger partial charge >= 0.3 is 0 Å². The van der Waals surface area contributed by atoms with E-state index in [-0.39, 0.29) is 6.04 Å². The van der Waals surface area contributed by atoms with Crippen LogP contribution < -0.4 is 20.5 Å². The molecule has 0 radical (unpaired) electrons. The molecule has 0 amide bonds. The third-order valence-electron chi connectivity index (χ3n) is 3.40. The Labute approximate surface area is 102 Å². The number of benzene rings is 1. The number of rotatable bonds is 4. The molecule has 2 rings (SSSR count). The average Bonchev–Trinajstić information content (AvgIpc) is 2.90. The predicted molar refractivity (Wildman–Crippen MR) is 67.5 cm³/mol. The van der Waals surface area contributed by atoms with E-state index >= 15 is 0 Å². The lowest BCUT2D eigenvalue weighted by Gasteiger charge is -2.20. The van der Waals surface area contributed by atoms with Crippen molar-refractivity contribution in [2.45, 2.75) is 12.5 Å². The van der Waals surface area contributed by atoms with Gasteiger partial charge < -0.3 is 20.5 Å². The summed E-state index contributed by atoms with van der Waals surface area (Å²) >= 11 is 0. The summed E-state index contributed by atoms with van der Waals surface area (Å²) in [7, 11) is 3.28. The molecule has 2 atom stereocenters. The fourth-order valence-corrected chi connectivity index (χ4v) is 2.32. The van der Waals surface area contributed by atoms with Crippen LogP contribution in [-0.2, 0) is 0 Å². The number of nitrogens with two attached hydrogens (primary N) is 1. The summed E-state index contributed by atoms with van der Waals surface area (Å²) in [5, 5.41) is 3.34. The molecule has 17 heavy (non-hydrogen) atoms. The van der Waals surface area contributed by atoms with Gasteiger partial charge in [-0.1, -0.05) is 6.07 Å². The molecular formula is C13H20N2O2. The van der Waals surface area contributed by atoms with Crippen molar-refractivity contribution < 1.29 is 9.47 Å². The van der Waals surface area contributed by atoms with Gasteiger partial charge in [-0.25, -0.2) is 0 Å². The summed E-state index contributed by atoms with van der Waals surface area (Å²) < 4.78 is 10.5. The highest BCUT2D eigenvalue weighted by Gasteiger charge is 2.23. The second kappa shape index (κ2) is 5.38. The molecule has 3 N–H and O–H groups in total. The highest BCUT2D eigenvalue weighted by molar-refractivity contribution is 5.43. The van der Waals surface area contributed by atoms with Crippen LogP contribution in [0.25, 0.3) is 0 Å². The molecule has 0 aromatic heterocycles. The van der Waals surface area contributed by atoms with E-state index in [0.29, 0.717) is 5.92 Å². The van der Waals surface area contributed by atoms with Crippen LogP contribution in [0.15, 0.2) is 18.2 Å². The van der Waals surface area contributed by atoms with Gasteiger partial charge in [-0.3, -0.25) is 0 Å². The van der Waals surface area contributed by atoms with Crippen molar-refractivity contribution in [1.82, 2.24) is 5.32 Å². The van der Waals surface area contributed by atoms with Gasteiger partial charge in [-0.2, -0.15) is 0 Å². The quantitative estimate of drug-likeness (QED) is 0.827. The highest BCUT2D eigenvalue weighted by Crippen LogP contribution is 2.32. The maximum absolute atomic E-state index is 6.28. The average molecular weight is 236 g/mol. The first-order chi connectivity index (χ1) is 8.26. The second-order valence-electron chi connectivity index (χ2n) is 4.39. The smallest absolute Gasteiger partial charge is 0.161 e. The molecule has 1 aliphatic heterocycles. The zero-order chi connectivity index (χ0) is 12.3. The molecule has 1 fully saturated rings.